The zero-order valence-electron chi connectivity index (χ0n) is 24.6. The standard InChI is InChI=1S/C17H27F3OS.C14H19N3/c1-5-7-9-15(11-10-14(3)8-6-2)16(17(18,19)20)12-13-22(4)21;1-5-8-17-14-11(3)16-9-7-13(14)12(6-2)10-15-4/h9-11,16H,3,5-8,12-13H2,1-2,4H3;6-10H,5H2,1-4H3/b11-10-,15-9+;12-6+,15-10?,17-8?. The van der Waals surface area contributed by atoms with Crippen LogP contribution in [0.3, 0.4) is 0 Å². The Kier molecular flexibility index (Phi) is 19.0. The summed E-state index contributed by atoms with van der Waals surface area (Å²) < 4.78 is 51.1. The molecule has 0 radical (unpaired) electrons. The van der Waals surface area contributed by atoms with Crippen molar-refractivity contribution in [3.05, 3.63) is 65.5 Å². The number of hydrogen-bond acceptors (Lipinski definition) is 4. The Morgan fingerprint density at radius 3 is 2.41 bits per heavy atom. The van der Waals surface area contributed by atoms with E-state index in [1.165, 1.54) is 12.3 Å². The molecule has 0 aromatic carbocycles. The number of aromatic nitrogens is 1. The molecule has 0 bridgehead atoms. The highest BCUT2D eigenvalue weighted by Crippen LogP contribution is 2.36. The van der Waals surface area contributed by atoms with Crippen molar-refractivity contribution in [1.29, 1.82) is 0 Å². The van der Waals surface area contributed by atoms with Crippen molar-refractivity contribution < 1.29 is 17.4 Å². The molecule has 0 spiro atoms. The third-order valence-electron chi connectivity index (χ3n) is 5.64. The first-order valence-corrected chi connectivity index (χ1v) is 15.2. The third kappa shape index (κ3) is 14.9. The highest BCUT2D eigenvalue weighted by Gasteiger charge is 2.40. The van der Waals surface area contributed by atoms with E-state index in [9.17, 15) is 17.4 Å². The lowest BCUT2D eigenvalue weighted by atomic mass is 9.93. The lowest BCUT2D eigenvalue weighted by molar-refractivity contribution is -0.163. The zero-order chi connectivity index (χ0) is 29.8. The van der Waals surface area contributed by atoms with Crippen LogP contribution in [0.15, 0.2) is 64.3 Å². The van der Waals surface area contributed by atoms with Crippen LogP contribution in [0.5, 0.6) is 0 Å². The number of alkyl halides is 3. The van der Waals surface area contributed by atoms with Gasteiger partial charge in [-0.1, -0.05) is 70.1 Å². The summed E-state index contributed by atoms with van der Waals surface area (Å²) in [6, 6.07) is 1.98. The van der Waals surface area contributed by atoms with Gasteiger partial charge in [0.1, 0.15) is 0 Å². The van der Waals surface area contributed by atoms with E-state index in [1.54, 1.807) is 19.2 Å². The van der Waals surface area contributed by atoms with Crippen molar-refractivity contribution in [2.24, 2.45) is 15.9 Å². The van der Waals surface area contributed by atoms with E-state index in [4.69, 9.17) is 0 Å². The minimum Gasteiger partial charge on any atom is -0.296 e. The molecule has 1 aromatic rings. The number of halogens is 3. The number of allylic oxidation sites excluding steroid dienone is 7. The molecule has 2 atom stereocenters. The van der Waals surface area contributed by atoms with Crippen LogP contribution in [0.1, 0.15) is 77.5 Å². The Balaban J connectivity index is 0.000000763. The summed E-state index contributed by atoms with van der Waals surface area (Å²) in [6.45, 7) is 13.8. The molecule has 0 N–H and O–H groups in total. The molecule has 39 heavy (non-hydrogen) atoms. The molecule has 1 rings (SSSR count). The van der Waals surface area contributed by atoms with Crippen LogP contribution in [0.25, 0.3) is 5.57 Å². The van der Waals surface area contributed by atoms with E-state index in [0.717, 1.165) is 53.8 Å². The number of unbranched alkanes of at least 4 members (excludes halogenated alkanes) is 1. The van der Waals surface area contributed by atoms with Crippen LogP contribution in [0.4, 0.5) is 18.9 Å². The topological polar surface area (TPSA) is 54.7 Å². The Morgan fingerprint density at radius 1 is 1.21 bits per heavy atom. The monoisotopic (exact) mass is 565 g/mol. The van der Waals surface area contributed by atoms with Gasteiger partial charge in [-0.25, -0.2) is 0 Å². The molecule has 0 aliphatic heterocycles. The predicted octanol–water partition coefficient (Wildman–Crippen LogP) is 9.18. The molecular weight excluding hydrogens is 519 g/mol. The summed E-state index contributed by atoms with van der Waals surface area (Å²) in [5.41, 5.74) is 5.11. The SMILES string of the molecule is C/C=C(\C=NC)c1ccnc(C)c1N=CCC.C=C(/C=C\C(=C/CCC)C(CCS(C)=O)C(F)(F)F)CCC. The molecule has 1 heterocycles. The van der Waals surface area contributed by atoms with Crippen molar-refractivity contribution in [2.75, 3.05) is 19.1 Å². The molecule has 0 amide bonds. The molecule has 0 fully saturated rings. The molecule has 218 valence electrons. The maximum atomic E-state index is 13.3. The number of nitrogens with zero attached hydrogens (tertiary/aromatic N) is 3. The van der Waals surface area contributed by atoms with Crippen molar-refractivity contribution >= 4 is 34.5 Å². The summed E-state index contributed by atoms with van der Waals surface area (Å²) in [5.74, 6) is -1.51. The van der Waals surface area contributed by atoms with E-state index in [2.05, 4.69) is 28.5 Å². The van der Waals surface area contributed by atoms with Gasteiger partial charge in [0.05, 0.1) is 17.3 Å². The van der Waals surface area contributed by atoms with Gasteiger partial charge in [-0.2, -0.15) is 13.2 Å². The van der Waals surface area contributed by atoms with Crippen molar-refractivity contribution in [2.45, 2.75) is 79.3 Å². The second-order valence-electron chi connectivity index (χ2n) is 9.04. The van der Waals surface area contributed by atoms with Gasteiger partial charge in [-0.3, -0.25) is 19.2 Å². The van der Waals surface area contributed by atoms with Crippen molar-refractivity contribution in [3.8, 4) is 0 Å². The summed E-state index contributed by atoms with van der Waals surface area (Å²) in [6.07, 6.45) is 13.4. The van der Waals surface area contributed by atoms with E-state index in [0.29, 0.717) is 6.42 Å². The minimum absolute atomic E-state index is 0.0530. The molecule has 0 saturated carbocycles. The van der Waals surface area contributed by atoms with Crippen LogP contribution in [-0.4, -0.2) is 46.9 Å². The molecule has 0 aliphatic carbocycles. The average Bonchev–Trinajstić information content (AvgIpc) is 2.87. The quantitative estimate of drug-likeness (QED) is 0.167. The molecular formula is C31H46F3N3OS. The summed E-state index contributed by atoms with van der Waals surface area (Å²) in [4.78, 5) is 12.8. The molecule has 1 aromatic heterocycles. The Hall–Kier alpha value is -2.61. The minimum atomic E-state index is -4.32. The highest BCUT2D eigenvalue weighted by atomic mass is 32.2. The van der Waals surface area contributed by atoms with Crippen LogP contribution in [0.2, 0.25) is 0 Å². The van der Waals surface area contributed by atoms with E-state index in [1.807, 2.05) is 58.5 Å². The maximum Gasteiger partial charge on any atom is 0.395 e. The van der Waals surface area contributed by atoms with Crippen molar-refractivity contribution in [3.63, 3.8) is 0 Å². The predicted molar refractivity (Wildman–Crippen MR) is 165 cm³/mol. The molecule has 0 saturated heterocycles. The number of aryl methyl sites for hydroxylation is 1. The van der Waals surface area contributed by atoms with Crippen molar-refractivity contribution in [1.82, 2.24) is 4.98 Å². The number of aliphatic imine (C=N–C) groups is 2. The van der Waals surface area contributed by atoms with Crippen LogP contribution < -0.4 is 0 Å². The molecule has 4 nitrogen and oxygen atoms in total. The molecule has 0 aliphatic rings. The van der Waals surface area contributed by atoms with Gasteiger partial charge >= 0.3 is 6.18 Å². The Labute approximate surface area is 236 Å². The zero-order valence-corrected chi connectivity index (χ0v) is 25.5. The van der Waals surface area contributed by atoms with Gasteiger partial charge in [0, 0.05) is 54.0 Å². The molecule has 2 unspecified atom stereocenters. The summed E-state index contributed by atoms with van der Waals surface area (Å²) in [7, 11) is 0.543. The summed E-state index contributed by atoms with van der Waals surface area (Å²) in [5, 5.41) is 0. The Bertz CT molecular complexity index is 1050. The normalized spacial score (nSPS) is 14.6. The lowest BCUT2D eigenvalue weighted by Crippen LogP contribution is -2.26. The smallest absolute Gasteiger partial charge is 0.296 e. The fourth-order valence-electron chi connectivity index (χ4n) is 3.63. The second kappa shape index (κ2) is 20.3. The van der Waals surface area contributed by atoms with Gasteiger partial charge in [0.15, 0.2) is 0 Å². The third-order valence-corrected chi connectivity index (χ3v) is 6.45. The Morgan fingerprint density at radius 2 is 1.90 bits per heavy atom. The fourth-order valence-corrected chi connectivity index (χ4v) is 4.20. The van der Waals surface area contributed by atoms with Gasteiger partial charge in [0.2, 0.25) is 0 Å². The summed E-state index contributed by atoms with van der Waals surface area (Å²) >= 11 is 0. The van der Waals surface area contributed by atoms with E-state index >= 15 is 0 Å². The van der Waals surface area contributed by atoms with Crippen LogP contribution in [0, 0.1) is 12.8 Å². The van der Waals surface area contributed by atoms with Gasteiger partial charge in [0.25, 0.3) is 0 Å². The lowest BCUT2D eigenvalue weighted by Gasteiger charge is -2.21. The first-order valence-electron chi connectivity index (χ1n) is 13.5. The number of pyridine rings is 1. The van der Waals surface area contributed by atoms with Gasteiger partial charge in [-0.15, -0.1) is 0 Å². The molecule has 8 heteroatoms. The fraction of sp³-hybridized carbons (Fsp3) is 0.516. The van der Waals surface area contributed by atoms with Gasteiger partial charge < -0.3 is 0 Å². The van der Waals surface area contributed by atoms with Crippen LogP contribution >= 0.6 is 0 Å². The first-order chi connectivity index (χ1) is 18.5. The largest absolute Gasteiger partial charge is 0.395 e. The number of hydrogen-bond donors (Lipinski definition) is 0. The average molecular weight is 566 g/mol. The van der Waals surface area contributed by atoms with Gasteiger partial charge in [-0.05, 0) is 56.7 Å². The van der Waals surface area contributed by atoms with E-state index < -0.39 is 22.9 Å². The van der Waals surface area contributed by atoms with E-state index in [-0.39, 0.29) is 17.7 Å². The maximum absolute atomic E-state index is 13.3. The second-order valence-corrected chi connectivity index (χ2v) is 10.6. The number of rotatable bonds is 14. The highest BCUT2D eigenvalue weighted by molar-refractivity contribution is 7.84. The first kappa shape index (κ1) is 36.4. The van der Waals surface area contributed by atoms with Crippen LogP contribution in [-0.2, 0) is 10.8 Å².